The number of hydrogen-bond donors (Lipinski definition) is 2. The van der Waals surface area contributed by atoms with Gasteiger partial charge in [0.1, 0.15) is 5.75 Å². The number of para-hydroxylation sites is 1. The molecule has 168 valence electrons. The zero-order valence-electron chi connectivity index (χ0n) is 18.7. The van der Waals surface area contributed by atoms with Crippen LogP contribution in [0.2, 0.25) is 0 Å². The first-order valence-corrected chi connectivity index (χ1v) is 11.9. The molecule has 0 aliphatic rings. The fraction of sp³-hybridized carbons (Fsp3) is 0.240. The van der Waals surface area contributed by atoms with Crippen LogP contribution >= 0.6 is 0 Å². The van der Waals surface area contributed by atoms with Gasteiger partial charge in [-0.05, 0) is 74.7 Å². The summed E-state index contributed by atoms with van der Waals surface area (Å²) < 4.78 is 34.3. The molecule has 0 aliphatic carbocycles. The van der Waals surface area contributed by atoms with Crippen LogP contribution in [0.3, 0.4) is 0 Å². The maximum atomic E-state index is 13.0. The van der Waals surface area contributed by atoms with Gasteiger partial charge in [0.15, 0.2) is 0 Å². The first kappa shape index (κ1) is 23.3. The van der Waals surface area contributed by atoms with E-state index < -0.39 is 10.0 Å². The van der Waals surface area contributed by atoms with Crippen LogP contribution < -0.4 is 14.8 Å². The maximum Gasteiger partial charge on any atom is 0.262 e. The zero-order chi connectivity index (χ0) is 23.3. The number of amides is 1. The number of benzene rings is 3. The number of carbonyl (C=O) groups excluding carboxylic acids is 1. The highest BCUT2D eigenvalue weighted by atomic mass is 32.2. The number of rotatable bonds is 8. The Balaban J connectivity index is 1.80. The lowest BCUT2D eigenvalue weighted by Gasteiger charge is -2.14. The average Bonchev–Trinajstić information content (AvgIpc) is 2.75. The summed E-state index contributed by atoms with van der Waals surface area (Å²) in [6.07, 6.45) is 0. The van der Waals surface area contributed by atoms with Gasteiger partial charge in [0.2, 0.25) is 0 Å². The molecule has 0 radical (unpaired) electrons. The number of aryl methyl sites for hydroxylation is 3. The third-order valence-electron chi connectivity index (χ3n) is 5.21. The SMILES string of the molecule is CCOc1ccccc1CNC(=O)c1ccc(C)c(S(=O)(=O)Nc2ccc(C)c(C)c2)c1. The number of sulfonamides is 1. The zero-order valence-corrected chi connectivity index (χ0v) is 19.5. The molecule has 7 heteroatoms. The van der Waals surface area contributed by atoms with E-state index in [2.05, 4.69) is 10.0 Å². The fourth-order valence-corrected chi connectivity index (χ4v) is 4.59. The fourth-order valence-electron chi connectivity index (χ4n) is 3.27. The van der Waals surface area contributed by atoms with Crippen LogP contribution in [-0.2, 0) is 16.6 Å². The van der Waals surface area contributed by atoms with Crippen molar-refractivity contribution in [3.63, 3.8) is 0 Å². The Kier molecular flexibility index (Phi) is 7.20. The van der Waals surface area contributed by atoms with Gasteiger partial charge in [0, 0.05) is 23.4 Å². The Morgan fingerprint density at radius 3 is 2.34 bits per heavy atom. The van der Waals surface area contributed by atoms with Gasteiger partial charge in [-0.15, -0.1) is 0 Å². The van der Waals surface area contributed by atoms with E-state index in [1.54, 1.807) is 31.2 Å². The first-order chi connectivity index (χ1) is 15.2. The molecular formula is C25H28N2O4S. The second kappa shape index (κ2) is 9.87. The normalized spacial score (nSPS) is 11.1. The minimum absolute atomic E-state index is 0.0677. The van der Waals surface area contributed by atoms with Crippen molar-refractivity contribution in [3.05, 3.63) is 88.5 Å². The summed E-state index contributed by atoms with van der Waals surface area (Å²) in [5.41, 5.74) is 4.22. The van der Waals surface area contributed by atoms with E-state index in [1.807, 2.05) is 51.1 Å². The number of nitrogens with one attached hydrogen (secondary N) is 2. The molecule has 0 fully saturated rings. The molecule has 1 amide bonds. The number of ether oxygens (including phenoxy) is 1. The second-order valence-electron chi connectivity index (χ2n) is 7.61. The predicted octanol–water partition coefficient (Wildman–Crippen LogP) is 4.74. The van der Waals surface area contributed by atoms with Crippen molar-refractivity contribution in [1.29, 1.82) is 0 Å². The summed E-state index contributed by atoms with van der Waals surface area (Å²) in [5.74, 6) is 0.346. The van der Waals surface area contributed by atoms with Gasteiger partial charge >= 0.3 is 0 Å². The Labute approximate surface area is 189 Å². The van der Waals surface area contributed by atoms with Crippen LogP contribution in [0.25, 0.3) is 0 Å². The van der Waals surface area contributed by atoms with Crippen LogP contribution in [0, 0.1) is 20.8 Å². The van der Waals surface area contributed by atoms with Crippen molar-refractivity contribution in [2.45, 2.75) is 39.1 Å². The third-order valence-corrected chi connectivity index (χ3v) is 6.73. The molecule has 0 bridgehead atoms. The smallest absolute Gasteiger partial charge is 0.262 e. The lowest BCUT2D eigenvalue weighted by atomic mass is 10.1. The van der Waals surface area contributed by atoms with E-state index in [0.717, 1.165) is 16.7 Å². The average molecular weight is 453 g/mol. The van der Waals surface area contributed by atoms with E-state index >= 15 is 0 Å². The van der Waals surface area contributed by atoms with E-state index in [0.29, 0.717) is 23.6 Å². The van der Waals surface area contributed by atoms with Gasteiger partial charge in [-0.1, -0.05) is 30.3 Å². The molecule has 2 N–H and O–H groups in total. The van der Waals surface area contributed by atoms with Crippen molar-refractivity contribution in [2.75, 3.05) is 11.3 Å². The van der Waals surface area contributed by atoms with Gasteiger partial charge in [0.05, 0.1) is 11.5 Å². The van der Waals surface area contributed by atoms with Gasteiger partial charge in [-0.3, -0.25) is 9.52 Å². The van der Waals surface area contributed by atoms with Crippen LogP contribution in [0.4, 0.5) is 5.69 Å². The number of carbonyl (C=O) groups is 1. The van der Waals surface area contributed by atoms with Crippen molar-refractivity contribution >= 4 is 21.6 Å². The molecule has 0 heterocycles. The predicted molar refractivity (Wildman–Crippen MR) is 127 cm³/mol. The minimum atomic E-state index is -3.86. The summed E-state index contributed by atoms with van der Waals surface area (Å²) in [4.78, 5) is 12.8. The van der Waals surface area contributed by atoms with E-state index in [9.17, 15) is 13.2 Å². The lowest BCUT2D eigenvalue weighted by Crippen LogP contribution is -2.24. The van der Waals surface area contributed by atoms with E-state index in [4.69, 9.17) is 4.74 Å². The summed E-state index contributed by atoms with van der Waals surface area (Å²) >= 11 is 0. The maximum absolute atomic E-state index is 13.0. The molecule has 0 saturated heterocycles. The van der Waals surface area contributed by atoms with Crippen LogP contribution in [0.5, 0.6) is 5.75 Å². The summed E-state index contributed by atoms with van der Waals surface area (Å²) in [5, 5.41) is 2.84. The first-order valence-electron chi connectivity index (χ1n) is 10.4. The quantitative estimate of drug-likeness (QED) is 0.517. The monoisotopic (exact) mass is 452 g/mol. The summed E-state index contributed by atoms with van der Waals surface area (Å²) in [6, 6.07) is 17.5. The molecule has 3 aromatic carbocycles. The minimum Gasteiger partial charge on any atom is -0.494 e. The molecule has 32 heavy (non-hydrogen) atoms. The highest BCUT2D eigenvalue weighted by Crippen LogP contribution is 2.23. The number of anilines is 1. The Bertz CT molecular complexity index is 1240. The Hall–Kier alpha value is -3.32. The standard InChI is InChI=1S/C25H28N2O4S/c1-5-31-23-9-7-6-8-21(23)16-26-25(28)20-12-10-18(3)24(15-20)32(29,30)27-22-13-11-17(2)19(4)14-22/h6-15,27H,5,16H2,1-4H3,(H,26,28). The van der Waals surface area contributed by atoms with E-state index in [-0.39, 0.29) is 22.9 Å². The van der Waals surface area contributed by atoms with Crippen molar-refractivity contribution in [1.82, 2.24) is 5.32 Å². The second-order valence-corrected chi connectivity index (χ2v) is 9.26. The molecule has 6 nitrogen and oxygen atoms in total. The van der Waals surface area contributed by atoms with Crippen LogP contribution in [0.1, 0.15) is 39.5 Å². The van der Waals surface area contributed by atoms with Crippen LogP contribution in [-0.4, -0.2) is 20.9 Å². The molecule has 3 aromatic rings. The highest BCUT2D eigenvalue weighted by Gasteiger charge is 2.20. The lowest BCUT2D eigenvalue weighted by molar-refractivity contribution is 0.0950. The molecule has 0 aromatic heterocycles. The van der Waals surface area contributed by atoms with E-state index in [1.165, 1.54) is 6.07 Å². The van der Waals surface area contributed by atoms with Crippen molar-refractivity contribution < 1.29 is 17.9 Å². The van der Waals surface area contributed by atoms with Gasteiger partial charge in [0.25, 0.3) is 15.9 Å². The van der Waals surface area contributed by atoms with Gasteiger partial charge in [-0.25, -0.2) is 8.42 Å². The van der Waals surface area contributed by atoms with Crippen molar-refractivity contribution in [2.24, 2.45) is 0 Å². The van der Waals surface area contributed by atoms with Crippen molar-refractivity contribution in [3.8, 4) is 5.75 Å². The molecular weight excluding hydrogens is 424 g/mol. The molecule has 0 spiro atoms. The molecule has 0 saturated carbocycles. The Morgan fingerprint density at radius 2 is 1.62 bits per heavy atom. The Morgan fingerprint density at radius 1 is 0.906 bits per heavy atom. The largest absolute Gasteiger partial charge is 0.494 e. The summed E-state index contributed by atoms with van der Waals surface area (Å²) in [6.45, 7) is 8.29. The summed E-state index contributed by atoms with van der Waals surface area (Å²) in [7, 11) is -3.86. The highest BCUT2D eigenvalue weighted by molar-refractivity contribution is 7.92. The topological polar surface area (TPSA) is 84.5 Å². The molecule has 3 rings (SSSR count). The molecule has 0 aliphatic heterocycles. The molecule has 0 unspecified atom stereocenters. The number of hydrogen-bond acceptors (Lipinski definition) is 4. The van der Waals surface area contributed by atoms with Crippen LogP contribution in [0.15, 0.2) is 65.6 Å². The molecule has 0 atom stereocenters. The van der Waals surface area contributed by atoms with Gasteiger partial charge in [-0.2, -0.15) is 0 Å². The third kappa shape index (κ3) is 5.48. The van der Waals surface area contributed by atoms with Gasteiger partial charge < -0.3 is 10.1 Å².